The van der Waals surface area contributed by atoms with Crippen molar-refractivity contribution < 1.29 is 13.2 Å². The molecular formula is C12H12BrF3. The zero-order chi connectivity index (χ0) is 12.2. The van der Waals surface area contributed by atoms with Crippen LogP contribution in [0.5, 0.6) is 0 Å². The topological polar surface area (TPSA) is 0 Å². The van der Waals surface area contributed by atoms with Crippen molar-refractivity contribution >= 4 is 21.5 Å². The Labute approximate surface area is 101 Å². The Morgan fingerprint density at radius 2 is 2.06 bits per heavy atom. The SMILES string of the molecule is C/C(=C\CCBr)c1cccc(C(F)(F)F)c1. The molecule has 0 amide bonds. The van der Waals surface area contributed by atoms with Crippen LogP contribution in [0, 0.1) is 0 Å². The number of halogens is 4. The molecule has 0 saturated heterocycles. The Hall–Kier alpha value is -0.770. The summed E-state index contributed by atoms with van der Waals surface area (Å²) in [7, 11) is 0. The van der Waals surface area contributed by atoms with E-state index >= 15 is 0 Å². The molecule has 0 N–H and O–H groups in total. The first kappa shape index (κ1) is 13.3. The lowest BCUT2D eigenvalue weighted by Crippen LogP contribution is -2.04. The van der Waals surface area contributed by atoms with Crippen molar-refractivity contribution in [2.45, 2.75) is 19.5 Å². The molecule has 0 saturated carbocycles. The monoisotopic (exact) mass is 292 g/mol. The molecule has 0 bridgehead atoms. The van der Waals surface area contributed by atoms with Gasteiger partial charge in [-0.05, 0) is 36.6 Å². The number of hydrogen-bond acceptors (Lipinski definition) is 0. The Kier molecular flexibility index (Phi) is 4.59. The summed E-state index contributed by atoms with van der Waals surface area (Å²) in [5.74, 6) is 0. The minimum atomic E-state index is -4.27. The maximum absolute atomic E-state index is 12.5. The summed E-state index contributed by atoms with van der Waals surface area (Å²) in [6, 6.07) is 5.39. The van der Waals surface area contributed by atoms with E-state index in [9.17, 15) is 13.2 Å². The minimum absolute atomic E-state index is 0.600. The molecule has 1 aromatic rings. The lowest BCUT2D eigenvalue weighted by Gasteiger charge is -2.08. The summed E-state index contributed by atoms with van der Waals surface area (Å²) in [6.45, 7) is 1.82. The van der Waals surface area contributed by atoms with Gasteiger partial charge in [-0.2, -0.15) is 13.2 Å². The van der Waals surface area contributed by atoms with Gasteiger partial charge in [0.2, 0.25) is 0 Å². The van der Waals surface area contributed by atoms with Crippen LogP contribution >= 0.6 is 15.9 Å². The van der Waals surface area contributed by atoms with Gasteiger partial charge >= 0.3 is 6.18 Å². The van der Waals surface area contributed by atoms with Gasteiger partial charge in [-0.1, -0.05) is 34.1 Å². The molecule has 0 nitrogen and oxygen atoms in total. The molecule has 16 heavy (non-hydrogen) atoms. The Morgan fingerprint density at radius 3 is 2.62 bits per heavy atom. The van der Waals surface area contributed by atoms with Gasteiger partial charge in [-0.3, -0.25) is 0 Å². The smallest absolute Gasteiger partial charge is 0.166 e. The van der Waals surface area contributed by atoms with Crippen molar-refractivity contribution in [1.82, 2.24) is 0 Å². The molecule has 88 valence electrons. The van der Waals surface area contributed by atoms with Gasteiger partial charge in [-0.15, -0.1) is 0 Å². The zero-order valence-electron chi connectivity index (χ0n) is 8.81. The normalized spacial score (nSPS) is 12.9. The third-order valence-electron chi connectivity index (χ3n) is 2.20. The zero-order valence-corrected chi connectivity index (χ0v) is 10.4. The molecule has 0 atom stereocenters. The molecule has 1 rings (SSSR count). The maximum atomic E-state index is 12.5. The Morgan fingerprint density at radius 1 is 1.38 bits per heavy atom. The highest BCUT2D eigenvalue weighted by Crippen LogP contribution is 2.30. The van der Waals surface area contributed by atoms with E-state index in [0.717, 1.165) is 23.4 Å². The van der Waals surface area contributed by atoms with E-state index in [1.165, 1.54) is 12.1 Å². The fourth-order valence-electron chi connectivity index (χ4n) is 1.33. The van der Waals surface area contributed by atoms with Crippen molar-refractivity contribution in [2.24, 2.45) is 0 Å². The molecule has 0 aliphatic heterocycles. The summed E-state index contributed by atoms with van der Waals surface area (Å²) in [5, 5.41) is 0.809. The predicted molar refractivity (Wildman–Crippen MR) is 63.5 cm³/mol. The fraction of sp³-hybridized carbons (Fsp3) is 0.333. The molecular weight excluding hydrogens is 281 g/mol. The third kappa shape index (κ3) is 3.67. The van der Waals surface area contributed by atoms with Crippen molar-refractivity contribution in [3.63, 3.8) is 0 Å². The average Bonchev–Trinajstić information content (AvgIpc) is 2.25. The van der Waals surface area contributed by atoms with Crippen LogP contribution in [0.3, 0.4) is 0 Å². The second kappa shape index (κ2) is 5.53. The predicted octanol–water partition coefficient (Wildman–Crippen LogP) is 4.89. The Bertz CT molecular complexity index is 380. The van der Waals surface area contributed by atoms with Crippen LogP contribution in [0.1, 0.15) is 24.5 Å². The average molecular weight is 293 g/mol. The first-order chi connectivity index (χ1) is 7.45. The van der Waals surface area contributed by atoms with E-state index in [1.54, 1.807) is 6.07 Å². The molecule has 0 spiro atoms. The minimum Gasteiger partial charge on any atom is -0.166 e. The number of alkyl halides is 4. The maximum Gasteiger partial charge on any atom is 0.416 e. The lowest BCUT2D eigenvalue weighted by atomic mass is 10.0. The van der Waals surface area contributed by atoms with Crippen molar-refractivity contribution in [3.05, 3.63) is 41.5 Å². The van der Waals surface area contributed by atoms with Gasteiger partial charge in [-0.25, -0.2) is 0 Å². The van der Waals surface area contributed by atoms with Crippen LogP contribution in [0.15, 0.2) is 30.3 Å². The van der Waals surface area contributed by atoms with Crippen LogP contribution in [0.2, 0.25) is 0 Å². The quantitative estimate of drug-likeness (QED) is 0.696. The molecule has 0 aliphatic carbocycles. The summed E-state index contributed by atoms with van der Waals surface area (Å²) < 4.78 is 37.4. The molecule has 0 aromatic heterocycles. The first-order valence-corrected chi connectivity index (χ1v) is 5.97. The Balaban J connectivity index is 2.99. The highest BCUT2D eigenvalue weighted by Gasteiger charge is 2.30. The van der Waals surface area contributed by atoms with Gasteiger partial charge in [0, 0.05) is 5.33 Å². The van der Waals surface area contributed by atoms with Gasteiger partial charge in [0.25, 0.3) is 0 Å². The molecule has 0 unspecified atom stereocenters. The van der Waals surface area contributed by atoms with E-state index in [0.29, 0.717) is 5.56 Å². The largest absolute Gasteiger partial charge is 0.416 e. The van der Waals surface area contributed by atoms with Crippen molar-refractivity contribution in [2.75, 3.05) is 5.33 Å². The van der Waals surface area contributed by atoms with E-state index in [1.807, 2.05) is 13.0 Å². The van der Waals surface area contributed by atoms with Crippen molar-refractivity contribution in [3.8, 4) is 0 Å². The molecule has 1 aromatic carbocycles. The summed E-state index contributed by atoms with van der Waals surface area (Å²) >= 11 is 3.27. The number of hydrogen-bond donors (Lipinski definition) is 0. The van der Waals surface area contributed by atoms with Crippen LogP contribution < -0.4 is 0 Å². The lowest BCUT2D eigenvalue weighted by molar-refractivity contribution is -0.137. The van der Waals surface area contributed by atoms with Gasteiger partial charge < -0.3 is 0 Å². The second-order valence-electron chi connectivity index (χ2n) is 3.44. The number of benzene rings is 1. The fourth-order valence-corrected chi connectivity index (χ4v) is 1.56. The molecule has 0 aliphatic rings. The molecule has 4 heteroatoms. The number of allylic oxidation sites excluding steroid dienone is 2. The summed E-state index contributed by atoms with van der Waals surface area (Å²) in [4.78, 5) is 0. The number of rotatable bonds is 3. The van der Waals surface area contributed by atoms with Gasteiger partial charge in [0.1, 0.15) is 0 Å². The van der Waals surface area contributed by atoms with E-state index in [4.69, 9.17) is 0 Å². The first-order valence-electron chi connectivity index (χ1n) is 4.85. The molecule has 0 radical (unpaired) electrons. The van der Waals surface area contributed by atoms with E-state index in [-0.39, 0.29) is 0 Å². The summed E-state index contributed by atoms with van der Waals surface area (Å²) in [6.07, 6.45) is -1.54. The van der Waals surface area contributed by atoms with E-state index < -0.39 is 11.7 Å². The standard InChI is InChI=1S/C12H12BrF3/c1-9(4-3-7-13)10-5-2-6-11(8-10)12(14,15)16/h2,4-6,8H,3,7H2,1H3/b9-4+. The van der Waals surface area contributed by atoms with E-state index in [2.05, 4.69) is 15.9 Å². The third-order valence-corrected chi connectivity index (χ3v) is 2.66. The van der Waals surface area contributed by atoms with Crippen LogP contribution in [0.25, 0.3) is 5.57 Å². The highest BCUT2D eigenvalue weighted by atomic mass is 79.9. The second-order valence-corrected chi connectivity index (χ2v) is 4.24. The van der Waals surface area contributed by atoms with Crippen LogP contribution in [-0.4, -0.2) is 5.33 Å². The highest BCUT2D eigenvalue weighted by molar-refractivity contribution is 9.09. The summed E-state index contributed by atoms with van der Waals surface area (Å²) in [5.41, 5.74) is 0.887. The molecule has 0 fully saturated rings. The van der Waals surface area contributed by atoms with Crippen LogP contribution in [-0.2, 0) is 6.18 Å². The van der Waals surface area contributed by atoms with Gasteiger partial charge in [0.05, 0.1) is 5.56 Å². The van der Waals surface area contributed by atoms with Crippen molar-refractivity contribution in [1.29, 1.82) is 0 Å². The molecule has 0 heterocycles. The van der Waals surface area contributed by atoms with Crippen LogP contribution in [0.4, 0.5) is 13.2 Å². The van der Waals surface area contributed by atoms with Gasteiger partial charge in [0.15, 0.2) is 0 Å².